The highest BCUT2D eigenvalue weighted by molar-refractivity contribution is 5.74. The Morgan fingerprint density at radius 1 is 1.23 bits per heavy atom. The SMILES string of the molecule is CCOC(=O)CN1CCN(c2cc(-c3ccccc3O)nnc2N)CC1. The summed E-state index contributed by atoms with van der Waals surface area (Å²) in [6, 6.07) is 8.84. The van der Waals surface area contributed by atoms with Crippen LogP contribution in [0.5, 0.6) is 5.75 Å². The molecule has 1 aliphatic heterocycles. The van der Waals surface area contributed by atoms with Gasteiger partial charge in [-0.05, 0) is 25.1 Å². The molecule has 2 heterocycles. The van der Waals surface area contributed by atoms with E-state index in [1.54, 1.807) is 25.1 Å². The van der Waals surface area contributed by atoms with Crippen LogP contribution in [0.25, 0.3) is 11.3 Å². The first-order chi connectivity index (χ1) is 12.6. The van der Waals surface area contributed by atoms with Gasteiger partial charge in [0.15, 0.2) is 5.82 Å². The van der Waals surface area contributed by atoms with Crippen molar-refractivity contribution in [3.8, 4) is 17.0 Å². The second kappa shape index (κ2) is 8.01. The van der Waals surface area contributed by atoms with Crippen molar-refractivity contribution >= 4 is 17.5 Å². The molecule has 3 N–H and O–H groups in total. The number of esters is 1. The van der Waals surface area contributed by atoms with Crippen LogP contribution in [0.4, 0.5) is 11.5 Å². The molecule has 0 radical (unpaired) electrons. The summed E-state index contributed by atoms with van der Waals surface area (Å²) in [7, 11) is 0. The zero-order valence-electron chi connectivity index (χ0n) is 14.8. The summed E-state index contributed by atoms with van der Waals surface area (Å²) in [4.78, 5) is 15.8. The van der Waals surface area contributed by atoms with Crippen molar-refractivity contribution in [1.82, 2.24) is 15.1 Å². The maximum absolute atomic E-state index is 11.6. The van der Waals surface area contributed by atoms with Gasteiger partial charge in [-0.3, -0.25) is 9.69 Å². The van der Waals surface area contributed by atoms with Gasteiger partial charge in [0.2, 0.25) is 0 Å². The average Bonchev–Trinajstić information content (AvgIpc) is 2.64. The first kappa shape index (κ1) is 17.9. The van der Waals surface area contributed by atoms with E-state index in [1.165, 1.54) is 0 Å². The number of aromatic hydroxyl groups is 1. The first-order valence-corrected chi connectivity index (χ1v) is 8.63. The maximum atomic E-state index is 11.6. The van der Waals surface area contributed by atoms with Gasteiger partial charge >= 0.3 is 5.97 Å². The van der Waals surface area contributed by atoms with Crippen LogP contribution >= 0.6 is 0 Å². The molecule has 1 saturated heterocycles. The molecule has 138 valence electrons. The molecule has 1 aliphatic rings. The molecule has 1 aromatic heterocycles. The number of aromatic nitrogens is 2. The minimum Gasteiger partial charge on any atom is -0.507 e. The number of nitrogens with two attached hydrogens (primary N) is 1. The molecule has 2 aromatic rings. The molecule has 1 fully saturated rings. The number of phenols is 1. The zero-order valence-corrected chi connectivity index (χ0v) is 14.8. The van der Waals surface area contributed by atoms with Gasteiger partial charge in [-0.2, -0.15) is 0 Å². The molecular weight excluding hydrogens is 334 g/mol. The number of carbonyl (C=O) groups is 1. The third-order valence-electron chi connectivity index (χ3n) is 4.35. The molecule has 0 bridgehead atoms. The van der Waals surface area contributed by atoms with Gasteiger partial charge in [0.25, 0.3) is 0 Å². The number of anilines is 2. The molecule has 1 aromatic carbocycles. The molecule has 0 spiro atoms. The van der Waals surface area contributed by atoms with Crippen LogP contribution in [-0.4, -0.2) is 65.5 Å². The van der Waals surface area contributed by atoms with Crippen LogP contribution in [0.2, 0.25) is 0 Å². The van der Waals surface area contributed by atoms with Crippen molar-refractivity contribution in [2.75, 3.05) is 50.0 Å². The summed E-state index contributed by atoms with van der Waals surface area (Å²) >= 11 is 0. The van der Waals surface area contributed by atoms with E-state index in [-0.39, 0.29) is 11.7 Å². The van der Waals surface area contributed by atoms with Crippen LogP contribution in [0.1, 0.15) is 6.92 Å². The maximum Gasteiger partial charge on any atom is 0.320 e. The lowest BCUT2D eigenvalue weighted by Gasteiger charge is -2.35. The predicted octanol–water partition coefficient (Wildman–Crippen LogP) is 1.12. The van der Waals surface area contributed by atoms with Crippen molar-refractivity contribution in [1.29, 1.82) is 0 Å². The molecule has 0 unspecified atom stereocenters. The molecule has 0 atom stereocenters. The second-order valence-electron chi connectivity index (χ2n) is 6.09. The van der Waals surface area contributed by atoms with Crippen molar-refractivity contribution < 1.29 is 14.6 Å². The number of para-hydroxylation sites is 1. The molecule has 26 heavy (non-hydrogen) atoms. The summed E-state index contributed by atoms with van der Waals surface area (Å²) in [6.07, 6.45) is 0. The molecule has 0 saturated carbocycles. The van der Waals surface area contributed by atoms with Crippen LogP contribution in [0.15, 0.2) is 30.3 Å². The smallest absolute Gasteiger partial charge is 0.320 e. The Bertz CT molecular complexity index is 775. The van der Waals surface area contributed by atoms with Crippen LogP contribution in [-0.2, 0) is 9.53 Å². The van der Waals surface area contributed by atoms with Crippen LogP contribution < -0.4 is 10.6 Å². The Kier molecular flexibility index (Phi) is 5.52. The zero-order chi connectivity index (χ0) is 18.5. The third kappa shape index (κ3) is 4.02. The Hall–Kier alpha value is -2.87. The number of nitrogen functional groups attached to an aromatic ring is 1. The second-order valence-corrected chi connectivity index (χ2v) is 6.09. The number of benzene rings is 1. The van der Waals surface area contributed by atoms with Crippen molar-refractivity contribution in [2.24, 2.45) is 0 Å². The van der Waals surface area contributed by atoms with Crippen molar-refractivity contribution in [3.05, 3.63) is 30.3 Å². The summed E-state index contributed by atoms with van der Waals surface area (Å²) in [6.45, 7) is 5.39. The summed E-state index contributed by atoms with van der Waals surface area (Å²) < 4.78 is 4.99. The number of ether oxygens (including phenoxy) is 1. The fourth-order valence-electron chi connectivity index (χ4n) is 3.00. The van der Waals surface area contributed by atoms with E-state index in [9.17, 15) is 9.90 Å². The Balaban J connectivity index is 1.71. The van der Waals surface area contributed by atoms with E-state index in [1.807, 2.05) is 12.1 Å². The van der Waals surface area contributed by atoms with Gasteiger partial charge < -0.3 is 20.5 Å². The number of piperazine rings is 1. The van der Waals surface area contributed by atoms with E-state index >= 15 is 0 Å². The topological polar surface area (TPSA) is 105 Å². The number of nitrogens with zero attached hydrogens (tertiary/aromatic N) is 4. The van der Waals surface area contributed by atoms with Gasteiger partial charge in [0, 0.05) is 31.7 Å². The lowest BCUT2D eigenvalue weighted by molar-refractivity contribution is -0.144. The number of hydrogen-bond donors (Lipinski definition) is 2. The van der Waals surface area contributed by atoms with Gasteiger partial charge in [-0.15, -0.1) is 10.2 Å². The normalized spacial score (nSPS) is 15.0. The van der Waals surface area contributed by atoms with E-state index in [0.717, 1.165) is 31.9 Å². The highest BCUT2D eigenvalue weighted by Crippen LogP contribution is 2.31. The van der Waals surface area contributed by atoms with Crippen molar-refractivity contribution in [3.63, 3.8) is 0 Å². The van der Waals surface area contributed by atoms with Crippen LogP contribution in [0.3, 0.4) is 0 Å². The fraction of sp³-hybridized carbons (Fsp3) is 0.389. The summed E-state index contributed by atoms with van der Waals surface area (Å²) in [5.74, 6) is 0.299. The number of carbonyl (C=O) groups excluding carboxylic acids is 1. The third-order valence-corrected chi connectivity index (χ3v) is 4.35. The Labute approximate surface area is 152 Å². The van der Waals surface area contributed by atoms with Gasteiger partial charge in [-0.25, -0.2) is 0 Å². The highest BCUT2D eigenvalue weighted by Gasteiger charge is 2.22. The summed E-state index contributed by atoms with van der Waals surface area (Å²) in [5.41, 5.74) is 8.00. The lowest BCUT2D eigenvalue weighted by atomic mass is 10.1. The van der Waals surface area contributed by atoms with E-state index in [2.05, 4.69) is 20.0 Å². The van der Waals surface area contributed by atoms with Crippen LogP contribution in [0, 0.1) is 0 Å². The summed E-state index contributed by atoms with van der Waals surface area (Å²) in [5, 5.41) is 18.2. The predicted molar refractivity (Wildman–Crippen MR) is 98.8 cm³/mol. The molecule has 0 amide bonds. The first-order valence-electron chi connectivity index (χ1n) is 8.63. The fourth-order valence-corrected chi connectivity index (χ4v) is 3.00. The molecule has 3 rings (SSSR count). The Morgan fingerprint density at radius 3 is 2.65 bits per heavy atom. The van der Waals surface area contributed by atoms with E-state index < -0.39 is 0 Å². The molecule has 8 nitrogen and oxygen atoms in total. The minimum atomic E-state index is -0.201. The Morgan fingerprint density at radius 2 is 1.96 bits per heavy atom. The number of hydrogen-bond acceptors (Lipinski definition) is 8. The van der Waals surface area contributed by atoms with Crippen molar-refractivity contribution in [2.45, 2.75) is 6.92 Å². The standard InChI is InChI=1S/C18H23N5O3/c1-2-26-17(25)12-22-7-9-23(10-8-22)15-11-14(20-21-18(15)19)13-5-3-4-6-16(13)24/h3-6,11,24H,2,7-10,12H2,1H3,(H2,19,21). The van der Waals surface area contributed by atoms with Gasteiger partial charge in [-0.1, -0.05) is 12.1 Å². The number of phenolic OH excluding ortho intramolecular Hbond substituents is 1. The average molecular weight is 357 g/mol. The molecule has 0 aliphatic carbocycles. The van der Waals surface area contributed by atoms with Gasteiger partial charge in [0.05, 0.1) is 24.5 Å². The van der Waals surface area contributed by atoms with E-state index in [0.29, 0.717) is 30.2 Å². The van der Waals surface area contributed by atoms with Gasteiger partial charge in [0.1, 0.15) is 5.75 Å². The lowest BCUT2D eigenvalue weighted by Crippen LogP contribution is -2.48. The molecular formula is C18H23N5O3. The highest BCUT2D eigenvalue weighted by atomic mass is 16.5. The quantitative estimate of drug-likeness (QED) is 0.767. The number of rotatable bonds is 5. The van der Waals surface area contributed by atoms with E-state index in [4.69, 9.17) is 10.5 Å². The largest absolute Gasteiger partial charge is 0.507 e. The molecule has 8 heteroatoms. The minimum absolute atomic E-state index is 0.150. The monoisotopic (exact) mass is 357 g/mol.